The van der Waals surface area contributed by atoms with E-state index in [9.17, 15) is 26.7 Å². The third-order valence-electron chi connectivity index (χ3n) is 4.85. The van der Waals surface area contributed by atoms with Crippen molar-refractivity contribution in [3.05, 3.63) is 58.3 Å². The average molecular weight is 468 g/mol. The van der Waals surface area contributed by atoms with E-state index in [0.717, 1.165) is 36.7 Å². The van der Waals surface area contributed by atoms with Gasteiger partial charge in [0.05, 0.1) is 28.6 Å². The van der Waals surface area contributed by atoms with Crippen molar-refractivity contribution in [3.63, 3.8) is 0 Å². The van der Waals surface area contributed by atoms with Crippen molar-refractivity contribution in [2.75, 3.05) is 11.4 Å². The number of alkyl halides is 4. The zero-order chi connectivity index (χ0) is 24.5. The minimum Gasteiger partial charge on any atom is -0.317 e. The van der Waals surface area contributed by atoms with Crippen LogP contribution in [-0.2, 0) is 7.05 Å². The largest absolute Gasteiger partial charge is 0.349 e. The number of nitrogens with zero attached hydrogens (tertiary/aromatic N) is 4. The van der Waals surface area contributed by atoms with E-state index in [1.54, 1.807) is 0 Å². The summed E-state index contributed by atoms with van der Waals surface area (Å²) in [5, 5.41) is -0.275. The lowest BCUT2D eigenvalue weighted by atomic mass is 9.95. The van der Waals surface area contributed by atoms with E-state index >= 15 is 4.39 Å². The van der Waals surface area contributed by atoms with E-state index in [0.29, 0.717) is 4.90 Å². The Bertz CT molecular complexity index is 1310. The summed E-state index contributed by atoms with van der Waals surface area (Å²) in [6.45, 7) is 1.15. The molecular formula is C22H18F6N4O. The standard InChI is InChI=1S/C22H18F6N4O/c1-22(2,20(27)28)9-7-13-18(26)15(8-10-29-13)32(11-16(24)25)19-17-12(23)5-4-6-14(17)31(3)21(33)30-19/h4-6,8,10,16,20H,11H2,1-3H3. The summed E-state index contributed by atoms with van der Waals surface area (Å²) in [7, 11) is 1.32. The summed E-state index contributed by atoms with van der Waals surface area (Å²) < 4.78 is 84.1. The minimum absolute atomic E-state index is 0.0532. The van der Waals surface area contributed by atoms with Crippen LogP contribution >= 0.6 is 0 Å². The first-order chi connectivity index (χ1) is 15.4. The second-order valence-electron chi connectivity index (χ2n) is 7.68. The van der Waals surface area contributed by atoms with Gasteiger partial charge in [0.1, 0.15) is 5.82 Å². The van der Waals surface area contributed by atoms with Crippen LogP contribution in [0.25, 0.3) is 10.9 Å². The smallest absolute Gasteiger partial charge is 0.317 e. The summed E-state index contributed by atoms with van der Waals surface area (Å²) in [6.07, 6.45) is -4.82. The van der Waals surface area contributed by atoms with Crippen LogP contribution in [0.5, 0.6) is 0 Å². The van der Waals surface area contributed by atoms with Crippen LogP contribution in [0.3, 0.4) is 0 Å². The van der Waals surface area contributed by atoms with Crippen LogP contribution in [0.4, 0.5) is 37.8 Å². The van der Waals surface area contributed by atoms with Crippen molar-refractivity contribution in [3.8, 4) is 11.8 Å². The van der Waals surface area contributed by atoms with Gasteiger partial charge in [-0.05, 0) is 38.0 Å². The van der Waals surface area contributed by atoms with E-state index < -0.39 is 59.3 Å². The Balaban J connectivity index is 2.27. The third kappa shape index (κ3) is 4.79. The highest BCUT2D eigenvalue weighted by atomic mass is 19.3. The molecule has 0 fully saturated rings. The Morgan fingerprint density at radius 3 is 2.48 bits per heavy atom. The van der Waals surface area contributed by atoms with Gasteiger partial charge >= 0.3 is 5.69 Å². The molecule has 0 aliphatic heterocycles. The predicted octanol–water partition coefficient (Wildman–Crippen LogP) is 4.65. The van der Waals surface area contributed by atoms with Crippen LogP contribution < -0.4 is 10.6 Å². The highest BCUT2D eigenvalue weighted by Crippen LogP contribution is 2.33. The number of aryl methyl sites for hydroxylation is 1. The number of benzene rings is 1. The molecule has 0 N–H and O–H groups in total. The third-order valence-corrected chi connectivity index (χ3v) is 4.85. The Hall–Kier alpha value is -3.55. The minimum atomic E-state index is -3.03. The van der Waals surface area contributed by atoms with E-state index in [1.807, 2.05) is 0 Å². The van der Waals surface area contributed by atoms with Crippen molar-refractivity contribution in [1.82, 2.24) is 14.5 Å². The predicted molar refractivity (Wildman–Crippen MR) is 111 cm³/mol. The molecule has 11 heteroatoms. The molecule has 0 atom stereocenters. The van der Waals surface area contributed by atoms with Crippen LogP contribution in [0.1, 0.15) is 19.5 Å². The molecule has 2 heterocycles. The first-order valence-corrected chi connectivity index (χ1v) is 9.60. The van der Waals surface area contributed by atoms with Crippen LogP contribution in [-0.4, -0.2) is 33.9 Å². The van der Waals surface area contributed by atoms with E-state index in [-0.39, 0.29) is 10.9 Å². The summed E-state index contributed by atoms with van der Waals surface area (Å²) in [6, 6.07) is 4.78. The summed E-state index contributed by atoms with van der Waals surface area (Å²) in [5.74, 6) is 1.84. The molecule has 0 saturated heterocycles. The second kappa shape index (κ2) is 9.13. The van der Waals surface area contributed by atoms with Gasteiger partial charge in [-0.25, -0.2) is 36.1 Å². The van der Waals surface area contributed by atoms with Crippen LogP contribution in [0, 0.1) is 28.9 Å². The Kier molecular flexibility index (Phi) is 6.67. The van der Waals surface area contributed by atoms with Crippen LogP contribution in [0.2, 0.25) is 0 Å². The number of halogens is 6. The number of pyridine rings is 1. The Morgan fingerprint density at radius 1 is 1.15 bits per heavy atom. The van der Waals surface area contributed by atoms with E-state index in [2.05, 4.69) is 21.8 Å². The highest BCUT2D eigenvalue weighted by molar-refractivity contribution is 5.92. The molecule has 1 aromatic carbocycles. The Labute approximate surface area is 184 Å². The molecule has 33 heavy (non-hydrogen) atoms. The molecule has 3 rings (SSSR count). The first kappa shape index (κ1) is 24.1. The normalized spacial score (nSPS) is 11.7. The summed E-state index contributed by atoms with van der Waals surface area (Å²) in [5.41, 5.74) is -3.70. The van der Waals surface area contributed by atoms with Gasteiger partial charge in [0, 0.05) is 13.2 Å². The van der Waals surface area contributed by atoms with E-state index in [1.165, 1.54) is 19.2 Å². The highest BCUT2D eigenvalue weighted by Gasteiger charge is 2.28. The molecule has 0 radical (unpaired) electrons. The number of hydrogen-bond donors (Lipinski definition) is 0. The van der Waals surface area contributed by atoms with Crippen molar-refractivity contribution in [1.29, 1.82) is 0 Å². The number of hydrogen-bond acceptors (Lipinski definition) is 4. The molecule has 3 aromatic rings. The molecule has 0 aliphatic rings. The van der Waals surface area contributed by atoms with Crippen molar-refractivity contribution in [2.45, 2.75) is 26.7 Å². The van der Waals surface area contributed by atoms with Gasteiger partial charge in [0.2, 0.25) is 0 Å². The van der Waals surface area contributed by atoms with E-state index in [4.69, 9.17) is 0 Å². The molecule has 2 aromatic heterocycles. The fraction of sp³-hybridized carbons (Fsp3) is 0.318. The zero-order valence-corrected chi connectivity index (χ0v) is 17.7. The van der Waals surface area contributed by atoms with Crippen molar-refractivity contribution < 1.29 is 26.3 Å². The molecule has 0 spiro atoms. The number of anilines is 2. The molecule has 174 valence electrons. The molecule has 0 unspecified atom stereocenters. The van der Waals surface area contributed by atoms with Crippen molar-refractivity contribution >= 4 is 22.4 Å². The summed E-state index contributed by atoms with van der Waals surface area (Å²) in [4.78, 5) is 20.4. The first-order valence-electron chi connectivity index (χ1n) is 9.60. The Morgan fingerprint density at radius 2 is 1.85 bits per heavy atom. The van der Waals surface area contributed by atoms with Gasteiger partial charge in [-0.2, -0.15) is 4.98 Å². The monoisotopic (exact) mass is 468 g/mol. The zero-order valence-electron chi connectivity index (χ0n) is 17.7. The van der Waals surface area contributed by atoms with Gasteiger partial charge in [0.15, 0.2) is 17.3 Å². The molecule has 5 nitrogen and oxygen atoms in total. The average Bonchev–Trinajstić information content (AvgIpc) is 2.74. The lowest BCUT2D eigenvalue weighted by Gasteiger charge is -2.25. The number of rotatable bonds is 5. The topological polar surface area (TPSA) is 51.0 Å². The lowest BCUT2D eigenvalue weighted by Crippen LogP contribution is -2.30. The SMILES string of the molecule is Cn1c(=O)nc(N(CC(F)F)c2ccnc(C#CC(C)(C)C(F)F)c2F)c2c(F)cccc21. The van der Waals surface area contributed by atoms with Gasteiger partial charge < -0.3 is 4.90 Å². The number of fused-ring (bicyclic) bond motifs is 1. The number of aromatic nitrogens is 3. The molecule has 0 aliphatic carbocycles. The fourth-order valence-corrected chi connectivity index (χ4v) is 2.97. The van der Waals surface area contributed by atoms with Crippen LogP contribution in [0.15, 0.2) is 35.3 Å². The maximum absolute atomic E-state index is 15.3. The molecular weight excluding hydrogens is 450 g/mol. The van der Waals surface area contributed by atoms with Gasteiger partial charge in [-0.1, -0.05) is 12.0 Å². The summed E-state index contributed by atoms with van der Waals surface area (Å²) >= 11 is 0. The maximum Gasteiger partial charge on any atom is 0.349 e. The lowest BCUT2D eigenvalue weighted by molar-refractivity contribution is 0.0570. The quantitative estimate of drug-likeness (QED) is 0.404. The second-order valence-corrected chi connectivity index (χ2v) is 7.68. The molecule has 0 amide bonds. The maximum atomic E-state index is 15.3. The van der Waals surface area contributed by atoms with Gasteiger partial charge in [0.25, 0.3) is 12.9 Å². The fourth-order valence-electron chi connectivity index (χ4n) is 2.97. The molecule has 0 saturated carbocycles. The van der Waals surface area contributed by atoms with Gasteiger partial charge in [-0.15, -0.1) is 0 Å². The van der Waals surface area contributed by atoms with Crippen molar-refractivity contribution in [2.24, 2.45) is 12.5 Å². The molecule has 0 bridgehead atoms. The van der Waals surface area contributed by atoms with Gasteiger partial charge in [-0.3, -0.25) is 4.57 Å².